The third kappa shape index (κ3) is 5.68. The smallest absolute Gasteiger partial charge is 0.336 e. The first-order chi connectivity index (χ1) is 12.6. The van der Waals surface area contributed by atoms with Crippen molar-refractivity contribution in [3.8, 4) is 11.1 Å². The summed E-state index contributed by atoms with van der Waals surface area (Å²) in [5, 5.41) is 9.63. The molecule has 2 rings (SSSR count). The Morgan fingerprint density at radius 3 is 2.19 bits per heavy atom. The fourth-order valence-corrected chi connectivity index (χ4v) is 6.05. The van der Waals surface area contributed by atoms with Gasteiger partial charge in [-0.05, 0) is 72.6 Å². The van der Waals surface area contributed by atoms with Gasteiger partial charge in [-0.25, -0.2) is 4.79 Å². The lowest BCUT2D eigenvalue weighted by Gasteiger charge is -2.19. The van der Waals surface area contributed by atoms with Gasteiger partial charge >= 0.3 is 5.97 Å². The molecule has 26 heavy (non-hydrogen) atoms. The van der Waals surface area contributed by atoms with Crippen LogP contribution >= 0.6 is 7.92 Å². The van der Waals surface area contributed by atoms with Crippen LogP contribution in [-0.4, -0.2) is 23.4 Å². The van der Waals surface area contributed by atoms with Crippen LogP contribution in [0.2, 0.25) is 0 Å². The maximum absolute atomic E-state index is 11.7. The molecule has 2 aromatic rings. The highest BCUT2D eigenvalue weighted by Crippen LogP contribution is 2.42. The summed E-state index contributed by atoms with van der Waals surface area (Å²) in [6, 6.07) is 14.0. The number of carbonyl (C=O) groups is 1. The van der Waals surface area contributed by atoms with Gasteiger partial charge in [0.15, 0.2) is 0 Å². The quantitative estimate of drug-likeness (QED) is 0.460. The highest BCUT2D eigenvalue weighted by molar-refractivity contribution is 7.56. The molecule has 0 atom stereocenters. The predicted octanol–water partition coefficient (Wildman–Crippen LogP) is 6.94. The molecule has 0 aliphatic rings. The van der Waals surface area contributed by atoms with Crippen molar-refractivity contribution in [1.29, 1.82) is 0 Å². The summed E-state index contributed by atoms with van der Waals surface area (Å²) < 4.78 is 0. The Morgan fingerprint density at radius 1 is 0.962 bits per heavy atom. The van der Waals surface area contributed by atoms with Crippen LogP contribution < -0.4 is 0 Å². The zero-order chi connectivity index (χ0) is 18.9. The maximum Gasteiger partial charge on any atom is 0.336 e. The first-order valence-corrected chi connectivity index (χ1v) is 11.6. The van der Waals surface area contributed by atoms with Crippen molar-refractivity contribution in [3.05, 3.63) is 59.2 Å². The molecule has 0 heterocycles. The maximum atomic E-state index is 11.7. The fourth-order valence-electron chi connectivity index (χ4n) is 3.27. The minimum atomic E-state index is -0.853. The second kappa shape index (κ2) is 10.5. The Morgan fingerprint density at radius 2 is 1.62 bits per heavy atom. The second-order valence-corrected chi connectivity index (χ2v) is 9.54. The molecule has 0 amide bonds. The van der Waals surface area contributed by atoms with Gasteiger partial charge in [0.1, 0.15) is 0 Å². The molecule has 0 unspecified atom stereocenters. The van der Waals surface area contributed by atoms with Crippen molar-refractivity contribution in [1.82, 2.24) is 0 Å². The van der Waals surface area contributed by atoms with E-state index >= 15 is 0 Å². The van der Waals surface area contributed by atoms with Gasteiger partial charge in [-0.15, -0.1) is 7.92 Å². The van der Waals surface area contributed by atoms with Crippen molar-refractivity contribution in [2.45, 2.75) is 52.6 Å². The highest BCUT2D eigenvalue weighted by atomic mass is 31.1. The van der Waals surface area contributed by atoms with Gasteiger partial charge in [0.25, 0.3) is 0 Å². The minimum absolute atomic E-state index is 0.0101. The normalized spacial score (nSPS) is 11.1. The number of hydrogen-bond donors (Lipinski definition) is 1. The fraction of sp³-hybridized carbons (Fsp3) is 0.435. The van der Waals surface area contributed by atoms with Crippen LogP contribution in [0.4, 0.5) is 0 Å². The molecule has 140 valence electrons. The van der Waals surface area contributed by atoms with E-state index in [0.717, 1.165) is 22.9 Å². The van der Waals surface area contributed by atoms with Gasteiger partial charge in [0.05, 0.1) is 5.56 Å². The van der Waals surface area contributed by atoms with E-state index < -0.39 is 5.97 Å². The molecule has 0 aliphatic heterocycles. The average molecular weight is 370 g/mol. The molecule has 0 saturated heterocycles. The zero-order valence-electron chi connectivity index (χ0n) is 16.3. The highest BCUT2D eigenvalue weighted by Gasteiger charge is 2.16. The molecule has 2 aromatic carbocycles. The van der Waals surface area contributed by atoms with E-state index in [9.17, 15) is 9.90 Å². The number of aromatic carboxylic acids is 1. The summed E-state index contributed by atoms with van der Waals surface area (Å²) in [5.41, 5.74) is 4.68. The van der Waals surface area contributed by atoms with E-state index in [0.29, 0.717) is 5.56 Å². The van der Waals surface area contributed by atoms with E-state index in [2.05, 4.69) is 19.9 Å². The Hall–Kier alpha value is -1.66. The molecule has 0 spiro atoms. The van der Waals surface area contributed by atoms with Gasteiger partial charge < -0.3 is 5.11 Å². The molecule has 0 radical (unpaired) electrons. The number of aryl methyl sites for hydroxylation is 1. The Labute approximate surface area is 159 Å². The van der Waals surface area contributed by atoms with Gasteiger partial charge in [0, 0.05) is 0 Å². The lowest BCUT2D eigenvalue weighted by Crippen LogP contribution is -2.02. The van der Waals surface area contributed by atoms with Gasteiger partial charge in [0.2, 0.25) is 0 Å². The molecular formula is C23H31O2P. The number of unbranched alkanes of at least 4 members (excludes halogenated alkanes) is 2. The standard InChI is InChI=1S/C23H31O2P/c1-4-6-14-26(15-7-5-2)17-19-12-13-21(23(24)25)22(16-19)20-11-9-8-10-18(20)3/h8-13,16H,4-7,14-15,17H2,1-3H3,(H,24,25). The zero-order valence-corrected chi connectivity index (χ0v) is 17.2. The largest absolute Gasteiger partial charge is 0.478 e. The minimum Gasteiger partial charge on any atom is -0.478 e. The molecule has 0 aromatic heterocycles. The number of benzene rings is 2. The summed E-state index contributed by atoms with van der Waals surface area (Å²) in [6.07, 6.45) is 8.85. The Balaban J connectivity index is 2.34. The van der Waals surface area contributed by atoms with Crippen LogP contribution in [-0.2, 0) is 6.16 Å². The number of hydrogen-bond acceptors (Lipinski definition) is 1. The Kier molecular flexibility index (Phi) is 8.32. The van der Waals surface area contributed by atoms with Crippen molar-refractivity contribution in [3.63, 3.8) is 0 Å². The van der Waals surface area contributed by atoms with E-state index in [-0.39, 0.29) is 7.92 Å². The van der Waals surface area contributed by atoms with Crippen molar-refractivity contribution in [2.75, 3.05) is 12.3 Å². The molecule has 2 nitrogen and oxygen atoms in total. The summed E-state index contributed by atoms with van der Waals surface area (Å²) in [4.78, 5) is 11.7. The molecular weight excluding hydrogens is 339 g/mol. The van der Waals surface area contributed by atoms with Gasteiger partial charge in [-0.1, -0.05) is 57.0 Å². The van der Waals surface area contributed by atoms with Crippen LogP contribution in [0.25, 0.3) is 11.1 Å². The van der Waals surface area contributed by atoms with Crippen LogP contribution in [0.1, 0.15) is 61.0 Å². The first-order valence-electron chi connectivity index (χ1n) is 9.71. The summed E-state index contributed by atoms with van der Waals surface area (Å²) in [7, 11) is -0.0101. The van der Waals surface area contributed by atoms with E-state index in [1.807, 2.05) is 37.3 Å². The third-order valence-electron chi connectivity index (χ3n) is 4.81. The number of carboxylic acid groups (broad SMARTS) is 1. The van der Waals surface area contributed by atoms with Crippen LogP contribution in [0, 0.1) is 6.92 Å². The van der Waals surface area contributed by atoms with Crippen molar-refractivity contribution in [2.24, 2.45) is 0 Å². The second-order valence-electron chi connectivity index (χ2n) is 6.98. The topological polar surface area (TPSA) is 37.3 Å². The predicted molar refractivity (Wildman–Crippen MR) is 114 cm³/mol. The summed E-state index contributed by atoms with van der Waals surface area (Å²) >= 11 is 0. The van der Waals surface area contributed by atoms with Gasteiger partial charge in [-0.3, -0.25) is 0 Å². The number of rotatable bonds is 10. The molecule has 3 heteroatoms. The lowest BCUT2D eigenvalue weighted by atomic mass is 9.94. The SMILES string of the molecule is CCCCP(CCCC)Cc1ccc(C(=O)O)c(-c2ccccc2C)c1. The van der Waals surface area contributed by atoms with E-state index in [4.69, 9.17) is 0 Å². The average Bonchev–Trinajstić information content (AvgIpc) is 2.64. The summed E-state index contributed by atoms with van der Waals surface area (Å²) in [5.74, 6) is -0.853. The summed E-state index contributed by atoms with van der Waals surface area (Å²) in [6.45, 7) is 6.56. The van der Waals surface area contributed by atoms with Crippen LogP contribution in [0.5, 0.6) is 0 Å². The van der Waals surface area contributed by atoms with Crippen LogP contribution in [0.3, 0.4) is 0 Å². The van der Waals surface area contributed by atoms with Gasteiger partial charge in [-0.2, -0.15) is 0 Å². The van der Waals surface area contributed by atoms with E-state index in [1.54, 1.807) is 6.07 Å². The van der Waals surface area contributed by atoms with Crippen LogP contribution in [0.15, 0.2) is 42.5 Å². The molecule has 0 bridgehead atoms. The lowest BCUT2D eigenvalue weighted by molar-refractivity contribution is 0.0697. The molecule has 0 fully saturated rings. The van der Waals surface area contributed by atoms with E-state index in [1.165, 1.54) is 43.6 Å². The first kappa shape index (κ1) is 20.6. The third-order valence-corrected chi connectivity index (χ3v) is 7.52. The molecule has 1 N–H and O–H groups in total. The molecule has 0 aliphatic carbocycles. The van der Waals surface area contributed by atoms with Crippen molar-refractivity contribution >= 4 is 13.9 Å². The molecule has 0 saturated carbocycles. The Bertz CT molecular complexity index is 716. The number of carboxylic acids is 1. The monoisotopic (exact) mass is 370 g/mol. The van der Waals surface area contributed by atoms with Crippen molar-refractivity contribution < 1.29 is 9.90 Å².